The molecule has 0 bridgehead atoms. The van der Waals surface area contributed by atoms with Gasteiger partial charge in [-0.25, -0.2) is 4.79 Å². The standard InChI is InChI=1S/C14H21NO2/c1-2-3-4-5-6-9-12-10-7-8-11-13(12)15-14(16)17/h7-8,10-11,15H,2-6,9H2,1H3,(H,16,17). The Hall–Kier alpha value is -1.51. The van der Waals surface area contributed by atoms with E-state index in [-0.39, 0.29) is 0 Å². The van der Waals surface area contributed by atoms with Crippen LogP contribution in [0.5, 0.6) is 0 Å². The van der Waals surface area contributed by atoms with Crippen LogP contribution in [0.25, 0.3) is 0 Å². The molecule has 1 amide bonds. The SMILES string of the molecule is CCCCCCCc1ccccc1NC(=O)O. The predicted molar refractivity (Wildman–Crippen MR) is 70.6 cm³/mol. The molecule has 0 saturated carbocycles. The Kier molecular flexibility index (Phi) is 6.15. The number of para-hydroxylation sites is 1. The van der Waals surface area contributed by atoms with Crippen LogP contribution in [-0.2, 0) is 6.42 Å². The smallest absolute Gasteiger partial charge is 0.409 e. The van der Waals surface area contributed by atoms with Gasteiger partial charge in [0.05, 0.1) is 0 Å². The molecular formula is C14H21NO2. The van der Waals surface area contributed by atoms with E-state index in [1.54, 1.807) is 0 Å². The van der Waals surface area contributed by atoms with Gasteiger partial charge >= 0.3 is 6.09 Å². The van der Waals surface area contributed by atoms with Crippen molar-refractivity contribution >= 4 is 11.8 Å². The molecule has 0 aliphatic heterocycles. The first-order valence-corrected chi connectivity index (χ1v) is 6.32. The molecule has 0 aliphatic rings. The van der Waals surface area contributed by atoms with Crippen LogP contribution in [0.1, 0.15) is 44.6 Å². The van der Waals surface area contributed by atoms with Crippen LogP contribution in [0, 0.1) is 0 Å². The molecule has 1 aromatic rings. The molecule has 0 spiro atoms. The van der Waals surface area contributed by atoms with Gasteiger partial charge in [0.15, 0.2) is 0 Å². The molecule has 0 heterocycles. The highest BCUT2D eigenvalue weighted by Crippen LogP contribution is 2.18. The van der Waals surface area contributed by atoms with E-state index in [0.717, 1.165) is 24.1 Å². The molecule has 2 N–H and O–H groups in total. The summed E-state index contributed by atoms with van der Waals surface area (Å²) in [5.74, 6) is 0. The minimum atomic E-state index is -0.997. The van der Waals surface area contributed by atoms with Crippen molar-refractivity contribution in [2.75, 3.05) is 5.32 Å². The molecule has 0 atom stereocenters. The molecule has 0 fully saturated rings. The molecule has 17 heavy (non-hydrogen) atoms. The Morgan fingerprint density at radius 2 is 1.88 bits per heavy atom. The fourth-order valence-corrected chi connectivity index (χ4v) is 1.89. The van der Waals surface area contributed by atoms with E-state index in [9.17, 15) is 4.79 Å². The van der Waals surface area contributed by atoms with Crippen LogP contribution < -0.4 is 5.32 Å². The molecule has 3 nitrogen and oxygen atoms in total. The quantitative estimate of drug-likeness (QED) is 0.693. The van der Waals surface area contributed by atoms with Crippen molar-refractivity contribution in [3.63, 3.8) is 0 Å². The minimum absolute atomic E-state index is 0.718. The van der Waals surface area contributed by atoms with Crippen LogP contribution in [0.15, 0.2) is 24.3 Å². The first-order chi connectivity index (χ1) is 8.24. The number of carbonyl (C=O) groups is 1. The second-order valence-corrected chi connectivity index (χ2v) is 4.25. The van der Waals surface area contributed by atoms with E-state index in [1.807, 2.05) is 24.3 Å². The van der Waals surface area contributed by atoms with E-state index >= 15 is 0 Å². The summed E-state index contributed by atoms with van der Waals surface area (Å²) in [6.07, 6.45) is 6.09. The van der Waals surface area contributed by atoms with Crippen molar-refractivity contribution in [1.29, 1.82) is 0 Å². The summed E-state index contributed by atoms with van der Waals surface area (Å²) in [7, 11) is 0. The summed E-state index contributed by atoms with van der Waals surface area (Å²) in [5, 5.41) is 11.2. The zero-order chi connectivity index (χ0) is 12.5. The van der Waals surface area contributed by atoms with Gasteiger partial charge in [-0.3, -0.25) is 5.32 Å². The molecule has 0 aliphatic carbocycles. The van der Waals surface area contributed by atoms with Gasteiger partial charge in [-0.2, -0.15) is 0 Å². The van der Waals surface area contributed by atoms with E-state index in [4.69, 9.17) is 5.11 Å². The van der Waals surface area contributed by atoms with Gasteiger partial charge in [0.2, 0.25) is 0 Å². The first kappa shape index (κ1) is 13.6. The van der Waals surface area contributed by atoms with Gasteiger partial charge < -0.3 is 5.11 Å². The third kappa shape index (κ3) is 5.38. The lowest BCUT2D eigenvalue weighted by Crippen LogP contribution is -2.09. The highest BCUT2D eigenvalue weighted by molar-refractivity contribution is 5.83. The maximum absolute atomic E-state index is 10.6. The largest absolute Gasteiger partial charge is 0.465 e. The molecule has 0 saturated heterocycles. The number of hydrogen-bond donors (Lipinski definition) is 2. The zero-order valence-corrected chi connectivity index (χ0v) is 10.4. The Balaban J connectivity index is 2.43. The van der Waals surface area contributed by atoms with Gasteiger partial charge in [0, 0.05) is 5.69 Å². The fraction of sp³-hybridized carbons (Fsp3) is 0.500. The average Bonchev–Trinajstić information content (AvgIpc) is 2.30. The molecular weight excluding hydrogens is 214 g/mol. The van der Waals surface area contributed by atoms with Gasteiger partial charge in [0.25, 0.3) is 0 Å². The number of anilines is 1. The van der Waals surface area contributed by atoms with Gasteiger partial charge in [-0.1, -0.05) is 50.8 Å². The lowest BCUT2D eigenvalue weighted by atomic mass is 10.0. The van der Waals surface area contributed by atoms with Gasteiger partial charge in [-0.15, -0.1) is 0 Å². The summed E-state index contributed by atoms with van der Waals surface area (Å²) in [5.41, 5.74) is 1.81. The number of benzene rings is 1. The van der Waals surface area contributed by atoms with Crippen molar-refractivity contribution in [1.82, 2.24) is 0 Å². The van der Waals surface area contributed by atoms with E-state index in [1.165, 1.54) is 25.7 Å². The number of unbranched alkanes of at least 4 members (excludes halogenated alkanes) is 4. The average molecular weight is 235 g/mol. The second kappa shape index (κ2) is 7.71. The van der Waals surface area contributed by atoms with E-state index < -0.39 is 6.09 Å². The van der Waals surface area contributed by atoms with Crippen molar-refractivity contribution in [3.8, 4) is 0 Å². The number of nitrogens with one attached hydrogen (secondary N) is 1. The second-order valence-electron chi connectivity index (χ2n) is 4.25. The summed E-state index contributed by atoms with van der Waals surface area (Å²) in [6, 6.07) is 7.61. The van der Waals surface area contributed by atoms with Gasteiger partial charge in [-0.05, 0) is 24.5 Å². The van der Waals surface area contributed by atoms with Crippen LogP contribution >= 0.6 is 0 Å². The summed E-state index contributed by atoms with van der Waals surface area (Å²) >= 11 is 0. The van der Waals surface area contributed by atoms with Crippen molar-refractivity contribution in [2.45, 2.75) is 45.4 Å². The number of hydrogen-bond acceptors (Lipinski definition) is 1. The molecule has 94 valence electrons. The Morgan fingerprint density at radius 3 is 2.59 bits per heavy atom. The molecule has 3 heteroatoms. The predicted octanol–water partition coefficient (Wildman–Crippen LogP) is 4.29. The summed E-state index contributed by atoms with van der Waals surface area (Å²) < 4.78 is 0. The van der Waals surface area contributed by atoms with Crippen LogP contribution in [0.2, 0.25) is 0 Å². The van der Waals surface area contributed by atoms with Crippen molar-refractivity contribution < 1.29 is 9.90 Å². The lowest BCUT2D eigenvalue weighted by molar-refractivity contribution is 0.209. The Labute approximate surface area is 103 Å². The number of carboxylic acid groups (broad SMARTS) is 1. The monoisotopic (exact) mass is 235 g/mol. The molecule has 1 aromatic carbocycles. The normalized spacial score (nSPS) is 10.2. The van der Waals surface area contributed by atoms with E-state index in [2.05, 4.69) is 12.2 Å². The molecule has 1 rings (SSSR count). The summed E-state index contributed by atoms with van der Waals surface area (Å²) in [4.78, 5) is 10.6. The van der Waals surface area contributed by atoms with Crippen LogP contribution in [-0.4, -0.2) is 11.2 Å². The first-order valence-electron chi connectivity index (χ1n) is 6.32. The molecule has 0 unspecified atom stereocenters. The van der Waals surface area contributed by atoms with Crippen LogP contribution in [0.4, 0.5) is 10.5 Å². The Bertz CT molecular complexity index is 350. The van der Waals surface area contributed by atoms with Crippen LogP contribution in [0.3, 0.4) is 0 Å². The lowest BCUT2D eigenvalue weighted by Gasteiger charge is -2.08. The number of rotatable bonds is 7. The topological polar surface area (TPSA) is 49.3 Å². The number of aryl methyl sites for hydroxylation is 1. The van der Waals surface area contributed by atoms with Crippen molar-refractivity contribution in [3.05, 3.63) is 29.8 Å². The zero-order valence-electron chi connectivity index (χ0n) is 10.4. The maximum Gasteiger partial charge on any atom is 0.409 e. The molecule has 0 aromatic heterocycles. The van der Waals surface area contributed by atoms with E-state index in [0.29, 0.717) is 0 Å². The third-order valence-corrected chi connectivity index (χ3v) is 2.81. The highest BCUT2D eigenvalue weighted by Gasteiger charge is 2.03. The Morgan fingerprint density at radius 1 is 1.18 bits per heavy atom. The highest BCUT2D eigenvalue weighted by atomic mass is 16.4. The minimum Gasteiger partial charge on any atom is -0.465 e. The fourth-order valence-electron chi connectivity index (χ4n) is 1.89. The van der Waals surface area contributed by atoms with Gasteiger partial charge in [0.1, 0.15) is 0 Å². The molecule has 0 radical (unpaired) electrons. The maximum atomic E-state index is 10.6. The number of amides is 1. The van der Waals surface area contributed by atoms with Crippen molar-refractivity contribution in [2.24, 2.45) is 0 Å². The third-order valence-electron chi connectivity index (χ3n) is 2.81. The summed E-state index contributed by atoms with van der Waals surface area (Å²) in [6.45, 7) is 2.20.